The Kier molecular flexibility index (Phi) is 7.87. The van der Waals surface area contributed by atoms with Crippen molar-refractivity contribution in [1.29, 1.82) is 0 Å². The van der Waals surface area contributed by atoms with Crippen LogP contribution in [0.3, 0.4) is 0 Å². The number of hydrogen-bond acceptors (Lipinski definition) is 1. The summed E-state index contributed by atoms with van der Waals surface area (Å²) < 4.78 is 44.0. The number of rotatable bonds is 8. The molecule has 0 bridgehead atoms. The highest BCUT2D eigenvalue weighted by Crippen LogP contribution is 2.49. The standard InChI is InChI=1S/C27H39F3O/c1-2-3-4-5-6-18-7-8-20-16-21(10-9-19(20)15-18)22-11-13-24-23(17-22)12-14-25(26(24)28)31-27(29)30/h12,14,18-22,27H,2-11,13,15-17H2,1H3. The maximum atomic E-state index is 14.6. The van der Waals surface area contributed by atoms with Crippen LogP contribution in [0.2, 0.25) is 0 Å². The minimum absolute atomic E-state index is 0.306. The predicted octanol–water partition coefficient (Wildman–Crippen LogP) is 8.34. The fourth-order valence-corrected chi connectivity index (χ4v) is 6.98. The van der Waals surface area contributed by atoms with Gasteiger partial charge in [-0.3, -0.25) is 0 Å². The molecule has 5 atom stereocenters. The molecule has 0 radical (unpaired) electrons. The van der Waals surface area contributed by atoms with Gasteiger partial charge in [-0.05, 0) is 98.1 Å². The average molecular weight is 437 g/mol. The van der Waals surface area contributed by atoms with E-state index in [0.29, 0.717) is 17.9 Å². The van der Waals surface area contributed by atoms with Crippen LogP contribution in [0.1, 0.15) is 95.1 Å². The van der Waals surface area contributed by atoms with E-state index in [1.165, 1.54) is 76.7 Å². The Morgan fingerprint density at radius 2 is 1.65 bits per heavy atom. The summed E-state index contributed by atoms with van der Waals surface area (Å²) >= 11 is 0. The number of alkyl halides is 2. The molecule has 3 aliphatic rings. The molecule has 174 valence electrons. The first kappa shape index (κ1) is 23.0. The number of unbranched alkanes of at least 4 members (excludes halogenated alkanes) is 3. The molecule has 0 amide bonds. The van der Waals surface area contributed by atoms with Crippen LogP contribution in [0.25, 0.3) is 0 Å². The van der Waals surface area contributed by atoms with Gasteiger partial charge in [0.1, 0.15) is 0 Å². The van der Waals surface area contributed by atoms with E-state index in [1.807, 2.05) is 6.07 Å². The molecule has 0 aromatic heterocycles. The zero-order chi connectivity index (χ0) is 21.8. The molecule has 4 heteroatoms. The van der Waals surface area contributed by atoms with Crippen LogP contribution in [0, 0.1) is 35.4 Å². The molecular weight excluding hydrogens is 397 g/mol. The monoisotopic (exact) mass is 436 g/mol. The third kappa shape index (κ3) is 5.60. The second-order valence-electron chi connectivity index (χ2n) is 10.5. The van der Waals surface area contributed by atoms with Crippen LogP contribution in [0.4, 0.5) is 13.2 Å². The van der Waals surface area contributed by atoms with Gasteiger partial charge in [0, 0.05) is 0 Å². The van der Waals surface area contributed by atoms with E-state index in [2.05, 4.69) is 11.7 Å². The summed E-state index contributed by atoms with van der Waals surface area (Å²) in [5.74, 6) is 3.27. The summed E-state index contributed by atoms with van der Waals surface area (Å²) in [5.41, 5.74) is 1.61. The maximum absolute atomic E-state index is 14.6. The molecule has 0 spiro atoms. The van der Waals surface area contributed by atoms with Crippen molar-refractivity contribution < 1.29 is 17.9 Å². The Morgan fingerprint density at radius 3 is 2.42 bits per heavy atom. The molecule has 0 heterocycles. The fourth-order valence-electron chi connectivity index (χ4n) is 6.98. The number of halogens is 3. The van der Waals surface area contributed by atoms with Crippen LogP contribution in [0.5, 0.6) is 5.75 Å². The van der Waals surface area contributed by atoms with Gasteiger partial charge in [-0.25, -0.2) is 4.39 Å². The quantitative estimate of drug-likeness (QED) is 0.372. The highest BCUT2D eigenvalue weighted by molar-refractivity contribution is 5.39. The van der Waals surface area contributed by atoms with Crippen LogP contribution in [-0.4, -0.2) is 6.61 Å². The lowest BCUT2D eigenvalue weighted by Gasteiger charge is -2.45. The summed E-state index contributed by atoms with van der Waals surface area (Å²) in [5, 5.41) is 0. The van der Waals surface area contributed by atoms with Crippen molar-refractivity contribution in [3.63, 3.8) is 0 Å². The summed E-state index contributed by atoms with van der Waals surface area (Å²) in [6.07, 6.45) is 17.8. The van der Waals surface area contributed by atoms with Crippen LogP contribution < -0.4 is 4.74 Å². The summed E-state index contributed by atoms with van der Waals surface area (Å²) in [6, 6.07) is 3.21. The fraction of sp³-hybridized carbons (Fsp3) is 0.778. The lowest BCUT2D eigenvalue weighted by molar-refractivity contribution is -0.0523. The van der Waals surface area contributed by atoms with Crippen molar-refractivity contribution in [2.45, 2.75) is 103 Å². The zero-order valence-corrected chi connectivity index (χ0v) is 19.1. The zero-order valence-electron chi connectivity index (χ0n) is 19.1. The van der Waals surface area contributed by atoms with Crippen LogP contribution in [-0.2, 0) is 12.8 Å². The first-order chi connectivity index (χ1) is 15.0. The Labute approximate surface area is 186 Å². The smallest absolute Gasteiger partial charge is 0.387 e. The second-order valence-corrected chi connectivity index (χ2v) is 10.5. The number of ether oxygens (including phenoxy) is 1. The van der Waals surface area contributed by atoms with Crippen molar-refractivity contribution in [2.75, 3.05) is 0 Å². The highest BCUT2D eigenvalue weighted by atomic mass is 19.3. The molecule has 31 heavy (non-hydrogen) atoms. The van der Waals surface area contributed by atoms with E-state index in [0.717, 1.165) is 42.1 Å². The molecule has 1 aromatic carbocycles. The summed E-state index contributed by atoms with van der Waals surface area (Å²) in [4.78, 5) is 0. The first-order valence-electron chi connectivity index (χ1n) is 12.8. The van der Waals surface area contributed by atoms with Gasteiger partial charge < -0.3 is 4.74 Å². The minimum Gasteiger partial charge on any atom is -0.432 e. The predicted molar refractivity (Wildman–Crippen MR) is 119 cm³/mol. The van der Waals surface area contributed by atoms with E-state index in [-0.39, 0.29) is 5.75 Å². The third-order valence-electron chi connectivity index (χ3n) is 8.66. The van der Waals surface area contributed by atoms with E-state index in [4.69, 9.17) is 0 Å². The van der Waals surface area contributed by atoms with Crippen molar-refractivity contribution >= 4 is 0 Å². The SMILES string of the molecule is CCCCCCC1CCC2CC(C3CCc4c(ccc(OC(F)F)c4F)C3)CCC2C1. The lowest BCUT2D eigenvalue weighted by atomic mass is 9.61. The van der Waals surface area contributed by atoms with Crippen molar-refractivity contribution in [2.24, 2.45) is 29.6 Å². The Bertz CT molecular complexity index is 719. The van der Waals surface area contributed by atoms with E-state index >= 15 is 0 Å². The Hall–Kier alpha value is -1.19. The van der Waals surface area contributed by atoms with Gasteiger partial charge in [-0.15, -0.1) is 0 Å². The molecule has 2 fully saturated rings. The number of fused-ring (bicyclic) bond motifs is 2. The second kappa shape index (κ2) is 10.6. The minimum atomic E-state index is -2.98. The van der Waals surface area contributed by atoms with E-state index in [1.54, 1.807) is 0 Å². The van der Waals surface area contributed by atoms with Gasteiger partial charge in [0.15, 0.2) is 11.6 Å². The van der Waals surface area contributed by atoms with E-state index in [9.17, 15) is 13.2 Å². The van der Waals surface area contributed by atoms with Crippen LogP contribution in [0.15, 0.2) is 12.1 Å². The molecule has 2 saturated carbocycles. The van der Waals surface area contributed by atoms with Gasteiger partial charge in [-0.1, -0.05) is 51.5 Å². The number of benzene rings is 1. The highest BCUT2D eigenvalue weighted by Gasteiger charge is 2.38. The molecule has 5 unspecified atom stereocenters. The van der Waals surface area contributed by atoms with Crippen molar-refractivity contribution in [3.8, 4) is 5.75 Å². The Morgan fingerprint density at radius 1 is 0.903 bits per heavy atom. The molecule has 1 nitrogen and oxygen atoms in total. The molecule has 3 aliphatic carbocycles. The average Bonchev–Trinajstić information content (AvgIpc) is 2.78. The van der Waals surface area contributed by atoms with Crippen molar-refractivity contribution in [1.82, 2.24) is 0 Å². The summed E-state index contributed by atoms with van der Waals surface area (Å²) in [7, 11) is 0. The third-order valence-corrected chi connectivity index (χ3v) is 8.66. The van der Waals surface area contributed by atoms with Gasteiger partial charge in [0.05, 0.1) is 0 Å². The Balaban J connectivity index is 1.30. The molecule has 0 saturated heterocycles. The molecule has 1 aromatic rings. The van der Waals surface area contributed by atoms with Crippen LogP contribution >= 0.6 is 0 Å². The number of hydrogen-bond donors (Lipinski definition) is 0. The molecule has 0 aliphatic heterocycles. The first-order valence-corrected chi connectivity index (χ1v) is 12.8. The van der Waals surface area contributed by atoms with Gasteiger partial charge in [-0.2, -0.15) is 8.78 Å². The topological polar surface area (TPSA) is 9.23 Å². The van der Waals surface area contributed by atoms with Gasteiger partial charge in [0.25, 0.3) is 0 Å². The van der Waals surface area contributed by atoms with E-state index < -0.39 is 12.4 Å². The normalized spacial score (nSPS) is 30.7. The van der Waals surface area contributed by atoms with Crippen molar-refractivity contribution in [3.05, 3.63) is 29.1 Å². The van der Waals surface area contributed by atoms with Gasteiger partial charge >= 0.3 is 6.61 Å². The van der Waals surface area contributed by atoms with Gasteiger partial charge in [0.2, 0.25) is 0 Å². The molecule has 4 rings (SSSR count). The molecule has 0 N–H and O–H groups in total. The maximum Gasteiger partial charge on any atom is 0.387 e. The summed E-state index contributed by atoms with van der Waals surface area (Å²) in [6.45, 7) is -0.699. The molecular formula is C27H39F3O. The lowest BCUT2D eigenvalue weighted by Crippen LogP contribution is -2.35. The largest absolute Gasteiger partial charge is 0.432 e.